The first-order valence-electron chi connectivity index (χ1n) is 8.08. The summed E-state index contributed by atoms with van der Waals surface area (Å²) in [6.45, 7) is 5.40. The molecule has 1 atom stereocenters. The van der Waals surface area contributed by atoms with Crippen LogP contribution >= 0.6 is 0 Å². The van der Waals surface area contributed by atoms with Gasteiger partial charge in [-0.3, -0.25) is 9.59 Å². The van der Waals surface area contributed by atoms with E-state index in [1.54, 1.807) is 4.90 Å². The molecule has 6 heteroatoms. The number of amides is 2. The van der Waals surface area contributed by atoms with Crippen LogP contribution in [0.5, 0.6) is 0 Å². The van der Waals surface area contributed by atoms with Gasteiger partial charge < -0.3 is 20.3 Å². The average molecular weight is 297 g/mol. The molecule has 0 aromatic heterocycles. The molecule has 21 heavy (non-hydrogen) atoms. The predicted molar refractivity (Wildman–Crippen MR) is 79.9 cm³/mol. The first-order valence-corrected chi connectivity index (χ1v) is 8.08. The van der Waals surface area contributed by atoms with Crippen molar-refractivity contribution in [2.24, 2.45) is 5.92 Å². The molecule has 2 fully saturated rings. The molecule has 2 aliphatic heterocycles. The van der Waals surface area contributed by atoms with E-state index in [9.17, 15) is 9.59 Å². The fraction of sp³-hybridized carbons (Fsp3) is 0.867. The van der Waals surface area contributed by atoms with Gasteiger partial charge in [-0.05, 0) is 38.3 Å². The summed E-state index contributed by atoms with van der Waals surface area (Å²) in [4.78, 5) is 25.4. The van der Waals surface area contributed by atoms with Gasteiger partial charge in [0.1, 0.15) is 0 Å². The van der Waals surface area contributed by atoms with Crippen LogP contribution in [0.1, 0.15) is 32.1 Å². The van der Waals surface area contributed by atoms with Crippen LogP contribution in [0.3, 0.4) is 0 Å². The lowest BCUT2D eigenvalue weighted by Gasteiger charge is -2.26. The maximum atomic E-state index is 11.9. The van der Waals surface area contributed by atoms with Crippen molar-refractivity contribution in [3.05, 3.63) is 0 Å². The van der Waals surface area contributed by atoms with Crippen molar-refractivity contribution in [2.75, 3.05) is 45.9 Å². The zero-order valence-corrected chi connectivity index (χ0v) is 12.7. The van der Waals surface area contributed by atoms with Crippen LogP contribution in [0.2, 0.25) is 0 Å². The first-order chi connectivity index (χ1) is 10.3. The second kappa shape index (κ2) is 9.00. The third-order valence-electron chi connectivity index (χ3n) is 4.20. The van der Waals surface area contributed by atoms with Crippen LogP contribution in [0.4, 0.5) is 0 Å². The zero-order chi connectivity index (χ0) is 14.9. The van der Waals surface area contributed by atoms with Crippen LogP contribution in [0.25, 0.3) is 0 Å². The van der Waals surface area contributed by atoms with Gasteiger partial charge in [-0.2, -0.15) is 0 Å². The molecule has 2 N–H and O–H groups in total. The van der Waals surface area contributed by atoms with E-state index < -0.39 is 0 Å². The number of ether oxygens (including phenoxy) is 1. The van der Waals surface area contributed by atoms with Crippen molar-refractivity contribution in [2.45, 2.75) is 32.1 Å². The van der Waals surface area contributed by atoms with Gasteiger partial charge in [0.2, 0.25) is 11.8 Å². The fourth-order valence-corrected chi connectivity index (χ4v) is 2.87. The van der Waals surface area contributed by atoms with E-state index in [4.69, 9.17) is 4.74 Å². The van der Waals surface area contributed by atoms with Gasteiger partial charge in [0.15, 0.2) is 0 Å². The van der Waals surface area contributed by atoms with Crippen molar-refractivity contribution in [3.8, 4) is 0 Å². The van der Waals surface area contributed by atoms with Crippen molar-refractivity contribution in [1.29, 1.82) is 0 Å². The molecule has 0 bridgehead atoms. The predicted octanol–water partition coefficient (Wildman–Crippen LogP) is 0.131. The molecule has 0 aliphatic carbocycles. The summed E-state index contributed by atoms with van der Waals surface area (Å²) >= 11 is 0. The quantitative estimate of drug-likeness (QED) is 0.731. The van der Waals surface area contributed by atoms with Crippen molar-refractivity contribution in [1.82, 2.24) is 15.5 Å². The van der Waals surface area contributed by atoms with E-state index in [-0.39, 0.29) is 11.8 Å². The Balaban J connectivity index is 1.53. The number of piperidine rings is 1. The summed E-state index contributed by atoms with van der Waals surface area (Å²) in [7, 11) is 0. The van der Waals surface area contributed by atoms with Gasteiger partial charge in [-0.15, -0.1) is 0 Å². The van der Waals surface area contributed by atoms with E-state index in [2.05, 4.69) is 10.6 Å². The van der Waals surface area contributed by atoms with E-state index in [0.29, 0.717) is 45.1 Å². The van der Waals surface area contributed by atoms with Crippen molar-refractivity contribution >= 4 is 11.8 Å². The molecule has 0 radical (unpaired) electrons. The Labute approximate surface area is 126 Å². The summed E-state index contributed by atoms with van der Waals surface area (Å²) < 4.78 is 5.21. The highest BCUT2D eigenvalue weighted by molar-refractivity contribution is 5.83. The van der Waals surface area contributed by atoms with Crippen LogP contribution in [0, 0.1) is 5.92 Å². The van der Waals surface area contributed by atoms with Crippen molar-refractivity contribution in [3.63, 3.8) is 0 Å². The summed E-state index contributed by atoms with van der Waals surface area (Å²) in [6.07, 6.45) is 4.09. The normalized spacial score (nSPS) is 22.9. The van der Waals surface area contributed by atoms with Crippen LogP contribution in [0.15, 0.2) is 0 Å². The summed E-state index contributed by atoms with van der Waals surface area (Å²) in [5.41, 5.74) is 0. The van der Waals surface area contributed by atoms with Gasteiger partial charge in [0.25, 0.3) is 0 Å². The molecule has 0 spiro atoms. The lowest BCUT2D eigenvalue weighted by molar-refractivity contribution is -0.137. The molecule has 1 unspecified atom stereocenters. The lowest BCUT2D eigenvalue weighted by Crippen LogP contribution is -2.41. The molecular formula is C15H27N3O3. The van der Waals surface area contributed by atoms with Gasteiger partial charge in [0, 0.05) is 32.5 Å². The first kappa shape index (κ1) is 16.2. The van der Waals surface area contributed by atoms with Crippen LogP contribution in [-0.2, 0) is 14.3 Å². The topological polar surface area (TPSA) is 70.7 Å². The number of nitrogens with zero attached hydrogens (tertiary/aromatic N) is 1. The number of carbonyl (C=O) groups is 2. The molecule has 2 rings (SSSR count). The molecular weight excluding hydrogens is 270 g/mol. The SMILES string of the molecule is O=C(CCC(=O)N1CCOCC1)NCCC1CCCNC1. The molecule has 0 saturated carbocycles. The number of rotatable bonds is 6. The number of carbonyl (C=O) groups excluding carboxylic acids is 2. The highest BCUT2D eigenvalue weighted by Gasteiger charge is 2.18. The number of morpholine rings is 1. The Morgan fingerprint density at radius 1 is 1.24 bits per heavy atom. The Bertz CT molecular complexity index is 337. The highest BCUT2D eigenvalue weighted by atomic mass is 16.5. The van der Waals surface area contributed by atoms with Gasteiger partial charge >= 0.3 is 0 Å². The largest absolute Gasteiger partial charge is 0.378 e. The number of nitrogens with one attached hydrogen (secondary N) is 2. The Morgan fingerprint density at radius 3 is 2.76 bits per heavy atom. The summed E-state index contributed by atoms with van der Waals surface area (Å²) in [6, 6.07) is 0. The number of hydrogen-bond acceptors (Lipinski definition) is 4. The van der Waals surface area contributed by atoms with E-state index in [1.807, 2.05) is 0 Å². The smallest absolute Gasteiger partial charge is 0.223 e. The Hall–Kier alpha value is -1.14. The maximum absolute atomic E-state index is 11.9. The third-order valence-corrected chi connectivity index (χ3v) is 4.20. The highest BCUT2D eigenvalue weighted by Crippen LogP contribution is 2.12. The van der Waals surface area contributed by atoms with E-state index >= 15 is 0 Å². The van der Waals surface area contributed by atoms with Crippen LogP contribution in [-0.4, -0.2) is 62.7 Å². The maximum Gasteiger partial charge on any atom is 0.223 e. The van der Waals surface area contributed by atoms with Gasteiger partial charge in [-0.25, -0.2) is 0 Å². The number of hydrogen-bond donors (Lipinski definition) is 2. The van der Waals surface area contributed by atoms with E-state index in [0.717, 1.165) is 26.1 Å². The van der Waals surface area contributed by atoms with Gasteiger partial charge in [-0.1, -0.05) is 0 Å². The molecule has 2 aliphatic rings. The zero-order valence-electron chi connectivity index (χ0n) is 12.7. The summed E-state index contributed by atoms with van der Waals surface area (Å²) in [5.74, 6) is 0.722. The average Bonchev–Trinajstić information content (AvgIpc) is 2.54. The molecule has 0 aromatic carbocycles. The molecule has 120 valence electrons. The Morgan fingerprint density at radius 2 is 2.05 bits per heavy atom. The molecule has 0 aromatic rings. The molecule has 2 heterocycles. The summed E-state index contributed by atoms with van der Waals surface area (Å²) in [5, 5.41) is 6.30. The minimum absolute atomic E-state index is 0.0135. The monoisotopic (exact) mass is 297 g/mol. The van der Waals surface area contributed by atoms with Crippen LogP contribution < -0.4 is 10.6 Å². The second-order valence-electron chi connectivity index (χ2n) is 5.84. The van der Waals surface area contributed by atoms with E-state index in [1.165, 1.54) is 12.8 Å². The van der Waals surface area contributed by atoms with Gasteiger partial charge in [0.05, 0.1) is 13.2 Å². The standard InChI is InChI=1S/C15H27N3O3/c19-14(17-7-5-13-2-1-6-16-12-13)3-4-15(20)18-8-10-21-11-9-18/h13,16H,1-12H2,(H,17,19). The lowest BCUT2D eigenvalue weighted by atomic mass is 9.96. The minimum atomic E-state index is -0.0135. The Kier molecular flexibility index (Phi) is 6.95. The molecule has 2 saturated heterocycles. The third kappa shape index (κ3) is 6.01. The van der Waals surface area contributed by atoms with Crippen molar-refractivity contribution < 1.29 is 14.3 Å². The molecule has 2 amide bonds. The second-order valence-corrected chi connectivity index (χ2v) is 5.84. The fourth-order valence-electron chi connectivity index (χ4n) is 2.87. The minimum Gasteiger partial charge on any atom is -0.378 e. The molecule has 6 nitrogen and oxygen atoms in total.